The summed E-state index contributed by atoms with van der Waals surface area (Å²) in [4.78, 5) is 15.1. The van der Waals surface area contributed by atoms with Crippen molar-refractivity contribution in [1.29, 1.82) is 0 Å². The van der Waals surface area contributed by atoms with Crippen LogP contribution in [0.25, 0.3) is 16.3 Å². The average molecular weight is 385 g/mol. The smallest absolute Gasteiger partial charge is 0.248 e. The Kier molecular flexibility index (Phi) is 6.75. The predicted molar refractivity (Wildman–Crippen MR) is 106 cm³/mol. The lowest BCUT2D eigenvalue weighted by Crippen LogP contribution is -2.30. The monoisotopic (exact) mass is 385 g/mol. The molecule has 0 saturated heterocycles. The molecule has 0 fully saturated rings. The number of aromatic nitrogens is 2. The van der Waals surface area contributed by atoms with Crippen LogP contribution in [0, 0.1) is 0 Å². The molecule has 0 spiro atoms. The minimum Gasteiger partial charge on any atom is -0.382 e. The number of hydrogen-bond donors (Lipinski definition) is 0. The molecule has 0 N–H and O–H groups in total. The largest absolute Gasteiger partial charge is 0.382 e. The van der Waals surface area contributed by atoms with Crippen molar-refractivity contribution in [1.82, 2.24) is 14.7 Å². The number of likely N-dealkylation sites (N-methyl/N-ethyl adjacent to an activating group) is 1. The van der Waals surface area contributed by atoms with Gasteiger partial charge in [0.2, 0.25) is 5.91 Å². The molecule has 2 heterocycles. The quantitative estimate of drug-likeness (QED) is 0.531. The maximum atomic E-state index is 12.3. The maximum Gasteiger partial charge on any atom is 0.248 e. The molecule has 0 aliphatic carbocycles. The van der Waals surface area contributed by atoms with E-state index in [-0.39, 0.29) is 12.5 Å². The summed E-state index contributed by atoms with van der Waals surface area (Å²) in [5.74, 6) is -0.0734. The zero-order valence-electron chi connectivity index (χ0n) is 15.5. The maximum absolute atomic E-state index is 12.3. The lowest BCUT2D eigenvalue weighted by molar-refractivity contribution is -0.135. The van der Waals surface area contributed by atoms with Crippen LogP contribution in [0.2, 0.25) is 0 Å². The van der Waals surface area contributed by atoms with Gasteiger partial charge in [-0.25, -0.2) is 4.68 Å². The summed E-state index contributed by atoms with van der Waals surface area (Å²) >= 11 is 1.64. The fourth-order valence-electron chi connectivity index (χ4n) is 2.61. The fraction of sp³-hybridized carbons (Fsp3) is 0.300. The van der Waals surface area contributed by atoms with Crippen molar-refractivity contribution in [2.45, 2.75) is 6.54 Å². The van der Waals surface area contributed by atoms with Crippen LogP contribution in [0.3, 0.4) is 0 Å². The van der Waals surface area contributed by atoms with Crippen molar-refractivity contribution in [2.24, 2.45) is 0 Å². The summed E-state index contributed by atoms with van der Waals surface area (Å²) in [6, 6.07) is 14.0. The Balaban J connectivity index is 1.77. The molecule has 0 unspecified atom stereocenters. The third-order valence-corrected chi connectivity index (χ3v) is 4.93. The normalized spacial score (nSPS) is 10.9. The number of carbonyl (C=O) groups is 1. The van der Waals surface area contributed by atoms with E-state index >= 15 is 0 Å². The van der Waals surface area contributed by atoms with E-state index in [0.29, 0.717) is 19.8 Å². The minimum absolute atomic E-state index is 0.0427. The summed E-state index contributed by atoms with van der Waals surface area (Å²) in [5, 5.41) is 6.79. The Bertz CT molecular complexity index is 847. The van der Waals surface area contributed by atoms with Gasteiger partial charge in [-0.1, -0.05) is 24.3 Å². The van der Waals surface area contributed by atoms with Crippen molar-refractivity contribution in [3.63, 3.8) is 0 Å². The molecule has 3 rings (SSSR count). The molecule has 0 atom stereocenters. The molecule has 0 saturated carbocycles. The third kappa shape index (κ3) is 5.03. The van der Waals surface area contributed by atoms with Gasteiger partial charge in [0.05, 0.1) is 23.8 Å². The summed E-state index contributed by atoms with van der Waals surface area (Å²) in [7, 11) is 3.38. The van der Waals surface area contributed by atoms with Crippen molar-refractivity contribution in [3.05, 3.63) is 59.6 Å². The van der Waals surface area contributed by atoms with Crippen LogP contribution < -0.4 is 0 Å². The van der Waals surface area contributed by atoms with E-state index in [1.807, 2.05) is 58.7 Å². The van der Waals surface area contributed by atoms with Gasteiger partial charge in [0.25, 0.3) is 0 Å². The van der Waals surface area contributed by atoms with Gasteiger partial charge in [-0.15, -0.1) is 11.3 Å². The first-order chi connectivity index (χ1) is 13.2. The Labute approximate surface area is 162 Å². The summed E-state index contributed by atoms with van der Waals surface area (Å²) in [6.45, 7) is 1.39. The van der Waals surface area contributed by atoms with Crippen LogP contribution in [0.15, 0.2) is 54.0 Å². The molecule has 0 aliphatic rings. The van der Waals surface area contributed by atoms with Crippen LogP contribution in [0.1, 0.15) is 5.56 Å². The molecule has 0 bridgehead atoms. The Hall–Kier alpha value is -2.48. The minimum atomic E-state index is -0.0734. The zero-order chi connectivity index (χ0) is 19.1. The standard InChI is InChI=1S/C20H23N3O3S/c1-22(19(24)15-26-11-10-25-2)13-16-14-23(17-7-4-3-5-8-17)21-20(16)18-9-6-12-27-18/h3-9,12,14H,10-11,13,15H2,1-2H3. The number of ether oxygens (including phenoxy) is 2. The summed E-state index contributed by atoms with van der Waals surface area (Å²) in [5.41, 5.74) is 2.88. The molecule has 142 valence electrons. The molecule has 7 heteroatoms. The number of benzene rings is 1. The van der Waals surface area contributed by atoms with E-state index in [1.54, 1.807) is 30.4 Å². The van der Waals surface area contributed by atoms with Crippen molar-refractivity contribution in [3.8, 4) is 16.3 Å². The predicted octanol–water partition coefficient (Wildman–Crippen LogP) is 3.22. The highest BCUT2D eigenvalue weighted by Gasteiger charge is 2.17. The summed E-state index contributed by atoms with van der Waals surface area (Å²) < 4.78 is 12.1. The molecule has 0 radical (unpaired) electrons. The van der Waals surface area contributed by atoms with Gasteiger partial charge in [-0.2, -0.15) is 5.10 Å². The Morgan fingerprint density at radius 2 is 2.00 bits per heavy atom. The first kappa shape index (κ1) is 19.3. The van der Waals surface area contributed by atoms with E-state index in [2.05, 4.69) is 0 Å². The van der Waals surface area contributed by atoms with Gasteiger partial charge in [-0.05, 0) is 23.6 Å². The molecular formula is C20H23N3O3S. The molecule has 3 aromatic rings. The second kappa shape index (κ2) is 9.45. The van der Waals surface area contributed by atoms with E-state index in [0.717, 1.165) is 21.8 Å². The molecule has 6 nitrogen and oxygen atoms in total. The van der Waals surface area contributed by atoms with E-state index < -0.39 is 0 Å². The van der Waals surface area contributed by atoms with Gasteiger partial charge in [0.15, 0.2) is 0 Å². The number of thiophene rings is 1. The number of amides is 1. The zero-order valence-corrected chi connectivity index (χ0v) is 16.3. The number of methoxy groups -OCH3 is 1. The summed E-state index contributed by atoms with van der Waals surface area (Å²) in [6.07, 6.45) is 1.99. The van der Waals surface area contributed by atoms with Crippen molar-refractivity contribution >= 4 is 17.2 Å². The van der Waals surface area contributed by atoms with Gasteiger partial charge in [0, 0.05) is 32.5 Å². The first-order valence-electron chi connectivity index (χ1n) is 8.67. The van der Waals surface area contributed by atoms with Crippen molar-refractivity contribution < 1.29 is 14.3 Å². The van der Waals surface area contributed by atoms with Gasteiger partial charge in [0.1, 0.15) is 12.3 Å². The lowest BCUT2D eigenvalue weighted by atomic mass is 10.2. The lowest BCUT2D eigenvalue weighted by Gasteiger charge is -2.17. The van der Waals surface area contributed by atoms with Gasteiger partial charge >= 0.3 is 0 Å². The molecule has 1 amide bonds. The SMILES string of the molecule is COCCOCC(=O)N(C)Cc1cn(-c2ccccc2)nc1-c1cccs1. The van der Waals surface area contributed by atoms with Crippen LogP contribution in [-0.4, -0.2) is 54.6 Å². The molecule has 0 aliphatic heterocycles. The molecular weight excluding hydrogens is 362 g/mol. The van der Waals surface area contributed by atoms with Gasteiger partial charge in [-0.3, -0.25) is 4.79 Å². The van der Waals surface area contributed by atoms with Crippen LogP contribution >= 0.6 is 11.3 Å². The molecule has 27 heavy (non-hydrogen) atoms. The second-order valence-electron chi connectivity index (χ2n) is 6.06. The van der Waals surface area contributed by atoms with E-state index in [1.165, 1.54) is 0 Å². The molecule has 2 aromatic heterocycles. The van der Waals surface area contributed by atoms with E-state index in [4.69, 9.17) is 14.6 Å². The van der Waals surface area contributed by atoms with E-state index in [9.17, 15) is 4.79 Å². The van der Waals surface area contributed by atoms with Crippen LogP contribution in [-0.2, 0) is 20.8 Å². The number of rotatable bonds is 9. The fourth-order valence-corrected chi connectivity index (χ4v) is 3.36. The highest BCUT2D eigenvalue weighted by molar-refractivity contribution is 7.13. The Morgan fingerprint density at radius 1 is 1.19 bits per heavy atom. The number of hydrogen-bond acceptors (Lipinski definition) is 5. The molecule has 1 aromatic carbocycles. The number of para-hydroxylation sites is 1. The Morgan fingerprint density at radius 3 is 2.70 bits per heavy atom. The number of carbonyl (C=O) groups excluding carboxylic acids is 1. The second-order valence-corrected chi connectivity index (χ2v) is 7.00. The third-order valence-electron chi connectivity index (χ3n) is 4.06. The highest BCUT2D eigenvalue weighted by Crippen LogP contribution is 2.28. The number of nitrogens with zero attached hydrogens (tertiary/aromatic N) is 3. The van der Waals surface area contributed by atoms with Crippen LogP contribution in [0.5, 0.6) is 0 Å². The first-order valence-corrected chi connectivity index (χ1v) is 9.55. The van der Waals surface area contributed by atoms with Gasteiger partial charge < -0.3 is 14.4 Å². The highest BCUT2D eigenvalue weighted by atomic mass is 32.1. The average Bonchev–Trinajstić information content (AvgIpc) is 3.35. The topological polar surface area (TPSA) is 56.6 Å². The van der Waals surface area contributed by atoms with Crippen molar-refractivity contribution in [2.75, 3.05) is 34.0 Å². The van der Waals surface area contributed by atoms with Crippen LogP contribution in [0.4, 0.5) is 0 Å².